The summed E-state index contributed by atoms with van der Waals surface area (Å²) in [5.74, 6) is 0.520. The van der Waals surface area contributed by atoms with Crippen molar-refractivity contribution in [1.82, 2.24) is 10.3 Å². The summed E-state index contributed by atoms with van der Waals surface area (Å²) in [6.07, 6.45) is 1.30. The molecule has 0 atom stereocenters. The molecule has 0 bridgehead atoms. The fourth-order valence-corrected chi connectivity index (χ4v) is 3.27. The number of rotatable bonds is 5. The van der Waals surface area contributed by atoms with Gasteiger partial charge in [0.25, 0.3) is 0 Å². The third-order valence-electron chi connectivity index (χ3n) is 4.50. The highest BCUT2D eigenvalue weighted by atomic mass is 32.1. The fourth-order valence-electron chi connectivity index (χ4n) is 3.03. The highest BCUT2D eigenvalue weighted by Crippen LogP contribution is 2.36. The van der Waals surface area contributed by atoms with E-state index in [1.807, 2.05) is 32.0 Å². The number of nitrogens with zero attached hydrogens (tertiary/aromatic N) is 1. The summed E-state index contributed by atoms with van der Waals surface area (Å²) in [6.45, 7) is 7.79. The van der Waals surface area contributed by atoms with Crippen molar-refractivity contribution in [2.75, 3.05) is 5.32 Å². The molecule has 0 radical (unpaired) electrons. The van der Waals surface area contributed by atoms with Crippen LogP contribution in [0.15, 0.2) is 34.7 Å². The Balaban J connectivity index is 1.88. The van der Waals surface area contributed by atoms with Gasteiger partial charge in [0.05, 0.1) is 5.56 Å². The van der Waals surface area contributed by atoms with Crippen LogP contribution in [0.3, 0.4) is 0 Å². The van der Waals surface area contributed by atoms with Gasteiger partial charge in [-0.25, -0.2) is 4.98 Å². The number of phenols is 1. The highest BCUT2D eigenvalue weighted by Gasteiger charge is 2.16. The second-order valence-corrected chi connectivity index (χ2v) is 7.87. The smallest absolute Gasteiger partial charge is 0.231 e. The first-order valence-electron chi connectivity index (χ1n) is 9.61. The summed E-state index contributed by atoms with van der Waals surface area (Å²) in [5.41, 5.74) is 4.28. The van der Waals surface area contributed by atoms with Crippen molar-refractivity contribution in [3.63, 3.8) is 0 Å². The number of nitrogens with one attached hydrogen (secondary N) is 2. The topological polar surface area (TPSA) is 87.4 Å². The molecule has 1 aromatic heterocycles. The number of aryl methyl sites for hydroxylation is 2. The van der Waals surface area contributed by atoms with Crippen LogP contribution in [0.1, 0.15) is 38.3 Å². The Morgan fingerprint density at radius 1 is 1.28 bits per heavy atom. The number of hydrogen-bond donors (Lipinski definition) is 3. The Kier molecular flexibility index (Phi) is 6.17. The van der Waals surface area contributed by atoms with Crippen molar-refractivity contribution in [1.29, 1.82) is 0 Å². The monoisotopic (exact) mass is 411 g/mol. The minimum atomic E-state index is -0.140. The van der Waals surface area contributed by atoms with E-state index in [0.717, 1.165) is 17.5 Å². The van der Waals surface area contributed by atoms with Crippen LogP contribution in [0.5, 0.6) is 5.75 Å². The van der Waals surface area contributed by atoms with E-state index in [0.29, 0.717) is 34.7 Å². The molecule has 0 aliphatic carbocycles. The Hall–Kier alpha value is -2.93. The Bertz CT molecular complexity index is 1070. The van der Waals surface area contributed by atoms with Gasteiger partial charge in [0.2, 0.25) is 11.8 Å². The van der Waals surface area contributed by atoms with Crippen LogP contribution < -0.4 is 10.6 Å². The van der Waals surface area contributed by atoms with Gasteiger partial charge in [0, 0.05) is 12.1 Å². The van der Waals surface area contributed by atoms with Gasteiger partial charge in [0.15, 0.2) is 10.7 Å². The van der Waals surface area contributed by atoms with Gasteiger partial charge in [-0.05, 0) is 66.9 Å². The molecule has 1 heterocycles. The number of thiocarbonyl (C=S) groups is 1. The number of anilines is 1. The van der Waals surface area contributed by atoms with E-state index in [2.05, 4.69) is 22.5 Å². The second-order valence-electron chi connectivity index (χ2n) is 7.46. The fraction of sp³-hybridized carbons (Fsp3) is 0.318. The van der Waals surface area contributed by atoms with Crippen LogP contribution in [0.2, 0.25) is 0 Å². The molecule has 7 heteroatoms. The molecule has 29 heavy (non-hydrogen) atoms. The lowest BCUT2D eigenvalue weighted by Gasteiger charge is -2.13. The van der Waals surface area contributed by atoms with Crippen molar-refractivity contribution >= 4 is 40.0 Å². The highest BCUT2D eigenvalue weighted by molar-refractivity contribution is 7.80. The van der Waals surface area contributed by atoms with Gasteiger partial charge in [-0.1, -0.05) is 26.8 Å². The molecule has 0 aliphatic rings. The van der Waals surface area contributed by atoms with E-state index >= 15 is 0 Å². The van der Waals surface area contributed by atoms with Crippen LogP contribution >= 0.6 is 12.2 Å². The number of carbonyl (C=O) groups excluding carboxylic acids is 1. The number of phenolic OH excluding ortho intramolecular Hbond substituents is 1. The van der Waals surface area contributed by atoms with Gasteiger partial charge in [-0.15, -0.1) is 0 Å². The van der Waals surface area contributed by atoms with Crippen LogP contribution in [-0.4, -0.2) is 21.1 Å². The Morgan fingerprint density at radius 3 is 2.72 bits per heavy atom. The zero-order valence-corrected chi connectivity index (χ0v) is 17.8. The lowest BCUT2D eigenvalue weighted by Crippen LogP contribution is -2.34. The summed E-state index contributed by atoms with van der Waals surface area (Å²) < 4.78 is 5.86. The summed E-state index contributed by atoms with van der Waals surface area (Å²) in [4.78, 5) is 16.4. The molecule has 6 nitrogen and oxygen atoms in total. The maximum Gasteiger partial charge on any atom is 0.231 e. The summed E-state index contributed by atoms with van der Waals surface area (Å²) in [7, 11) is 0. The van der Waals surface area contributed by atoms with Gasteiger partial charge in [0.1, 0.15) is 11.3 Å². The van der Waals surface area contributed by atoms with Crippen molar-refractivity contribution in [3.8, 4) is 17.2 Å². The molecule has 0 unspecified atom stereocenters. The first-order chi connectivity index (χ1) is 13.8. The molecule has 0 fully saturated rings. The maximum absolute atomic E-state index is 11.9. The first kappa shape index (κ1) is 20.8. The lowest BCUT2D eigenvalue weighted by atomic mass is 10.1. The number of carbonyl (C=O) groups is 1. The number of amides is 1. The van der Waals surface area contributed by atoms with Gasteiger partial charge in [-0.3, -0.25) is 4.79 Å². The number of oxazole rings is 1. The molecule has 3 rings (SSSR count). The zero-order valence-electron chi connectivity index (χ0n) is 17.0. The minimum Gasteiger partial charge on any atom is -0.507 e. The summed E-state index contributed by atoms with van der Waals surface area (Å²) in [6, 6.07) is 9.31. The van der Waals surface area contributed by atoms with Crippen molar-refractivity contribution in [2.45, 2.75) is 40.5 Å². The van der Waals surface area contributed by atoms with E-state index in [4.69, 9.17) is 16.6 Å². The van der Waals surface area contributed by atoms with Gasteiger partial charge >= 0.3 is 0 Å². The largest absolute Gasteiger partial charge is 0.507 e. The molecule has 3 aromatic rings. The average molecular weight is 412 g/mol. The molecule has 2 aromatic carbocycles. The standard InChI is InChI=1S/C22H25N3O3S/c1-5-14-6-7-18-17(10-14)24-21(28-18)16-11-15(9-13(4)20(16)27)23-22(29)25-19(26)8-12(2)3/h6-7,9-12,27H,5,8H2,1-4H3,(H2,23,25,26,29). The van der Waals surface area contributed by atoms with Crippen LogP contribution in [0.4, 0.5) is 5.69 Å². The van der Waals surface area contributed by atoms with Crippen LogP contribution in [0.25, 0.3) is 22.6 Å². The van der Waals surface area contributed by atoms with Crippen LogP contribution in [0, 0.1) is 12.8 Å². The maximum atomic E-state index is 11.9. The number of benzene rings is 2. The quantitative estimate of drug-likeness (QED) is 0.408. The number of aromatic nitrogens is 1. The van der Waals surface area contributed by atoms with Crippen molar-refractivity contribution < 1.29 is 14.3 Å². The van der Waals surface area contributed by atoms with E-state index in [9.17, 15) is 9.90 Å². The van der Waals surface area contributed by atoms with Gasteiger partial charge < -0.3 is 20.2 Å². The van der Waals surface area contributed by atoms with Crippen molar-refractivity contribution in [3.05, 3.63) is 41.5 Å². The Labute approximate surface area is 175 Å². The zero-order chi connectivity index (χ0) is 21.1. The third-order valence-corrected chi connectivity index (χ3v) is 4.70. The normalized spacial score (nSPS) is 11.1. The average Bonchev–Trinajstić information content (AvgIpc) is 3.06. The predicted molar refractivity (Wildman–Crippen MR) is 119 cm³/mol. The molecular formula is C22H25N3O3S. The van der Waals surface area contributed by atoms with E-state index < -0.39 is 0 Å². The molecule has 0 saturated carbocycles. The van der Waals surface area contributed by atoms with Gasteiger partial charge in [-0.2, -0.15) is 0 Å². The van der Waals surface area contributed by atoms with E-state index in [1.165, 1.54) is 0 Å². The molecular weight excluding hydrogens is 386 g/mol. The molecule has 3 N–H and O–H groups in total. The third kappa shape index (κ3) is 4.92. The number of fused-ring (bicyclic) bond motifs is 1. The van der Waals surface area contributed by atoms with Crippen molar-refractivity contribution in [2.24, 2.45) is 5.92 Å². The number of aromatic hydroxyl groups is 1. The van der Waals surface area contributed by atoms with E-state index in [1.54, 1.807) is 19.1 Å². The number of hydrogen-bond acceptors (Lipinski definition) is 5. The first-order valence-corrected chi connectivity index (χ1v) is 10.0. The molecule has 0 spiro atoms. The SMILES string of the molecule is CCc1ccc2oc(-c3cc(NC(=S)NC(=O)CC(C)C)cc(C)c3O)nc2c1. The molecule has 1 amide bonds. The molecule has 152 valence electrons. The Morgan fingerprint density at radius 2 is 2.03 bits per heavy atom. The molecule has 0 saturated heterocycles. The second kappa shape index (κ2) is 8.61. The minimum absolute atomic E-state index is 0.0904. The summed E-state index contributed by atoms with van der Waals surface area (Å²) >= 11 is 5.24. The van der Waals surface area contributed by atoms with Crippen LogP contribution in [-0.2, 0) is 11.2 Å². The molecule has 0 aliphatic heterocycles. The summed E-state index contributed by atoms with van der Waals surface area (Å²) in [5, 5.41) is 16.4. The van der Waals surface area contributed by atoms with E-state index in [-0.39, 0.29) is 22.7 Å². The lowest BCUT2D eigenvalue weighted by molar-refractivity contribution is -0.120. The predicted octanol–water partition coefficient (Wildman–Crippen LogP) is 4.93.